The number of benzene rings is 1. The van der Waals surface area contributed by atoms with Crippen molar-refractivity contribution >= 4 is 11.7 Å². The molecule has 1 aromatic carbocycles. The predicted molar refractivity (Wildman–Crippen MR) is 87.8 cm³/mol. The van der Waals surface area contributed by atoms with E-state index in [1.165, 1.54) is 5.56 Å². The molecule has 1 unspecified atom stereocenters. The maximum atomic E-state index is 12.1. The highest BCUT2D eigenvalue weighted by Crippen LogP contribution is 2.15. The van der Waals surface area contributed by atoms with Gasteiger partial charge in [0.05, 0.1) is 6.61 Å². The van der Waals surface area contributed by atoms with Crippen molar-refractivity contribution in [1.82, 2.24) is 5.32 Å². The van der Waals surface area contributed by atoms with Gasteiger partial charge in [-0.3, -0.25) is 4.79 Å². The molecule has 0 amide bonds. The number of hydrogen-bond donors (Lipinski definition) is 1. The fraction of sp³-hybridized carbons (Fsp3) is 0.588. The van der Waals surface area contributed by atoms with Crippen molar-refractivity contribution in [1.29, 1.82) is 0 Å². The van der Waals surface area contributed by atoms with E-state index in [2.05, 4.69) is 55.3 Å². The highest BCUT2D eigenvalue weighted by molar-refractivity contribution is 5.76. The van der Waals surface area contributed by atoms with Crippen molar-refractivity contribution in [2.45, 2.75) is 40.2 Å². The molecule has 1 aromatic rings. The summed E-state index contributed by atoms with van der Waals surface area (Å²) in [6.07, 6.45) is 0.993. The predicted octanol–water partition coefficient (Wildman–Crippen LogP) is 2.75. The van der Waals surface area contributed by atoms with Crippen LogP contribution in [0.15, 0.2) is 24.3 Å². The molecule has 21 heavy (non-hydrogen) atoms. The lowest BCUT2D eigenvalue weighted by atomic mass is 10.2. The van der Waals surface area contributed by atoms with E-state index < -0.39 is 0 Å². The van der Waals surface area contributed by atoms with Crippen molar-refractivity contribution in [2.75, 3.05) is 31.1 Å². The Kier molecular flexibility index (Phi) is 7.83. The molecule has 0 saturated heterocycles. The van der Waals surface area contributed by atoms with Gasteiger partial charge in [0.1, 0.15) is 6.04 Å². The summed E-state index contributed by atoms with van der Waals surface area (Å²) in [5.41, 5.74) is 2.37. The minimum absolute atomic E-state index is 0.170. The van der Waals surface area contributed by atoms with Gasteiger partial charge in [-0.1, -0.05) is 24.6 Å². The van der Waals surface area contributed by atoms with Crippen LogP contribution in [0.5, 0.6) is 0 Å². The van der Waals surface area contributed by atoms with Gasteiger partial charge in [0.2, 0.25) is 0 Å². The highest BCUT2D eigenvalue weighted by atomic mass is 16.5. The second-order valence-electron chi connectivity index (χ2n) is 5.13. The number of anilines is 1. The Hall–Kier alpha value is -1.55. The second kappa shape index (κ2) is 9.40. The summed E-state index contributed by atoms with van der Waals surface area (Å²) >= 11 is 0. The van der Waals surface area contributed by atoms with E-state index in [1.807, 2.05) is 6.92 Å². The first-order chi connectivity index (χ1) is 10.1. The minimum Gasteiger partial charge on any atom is -0.465 e. The summed E-state index contributed by atoms with van der Waals surface area (Å²) in [6, 6.07) is 8.10. The average Bonchev–Trinajstić information content (AvgIpc) is 2.49. The smallest absolute Gasteiger partial charge is 0.324 e. The van der Waals surface area contributed by atoms with Crippen LogP contribution < -0.4 is 10.2 Å². The first-order valence-electron chi connectivity index (χ1n) is 7.83. The third kappa shape index (κ3) is 5.76. The third-order valence-corrected chi connectivity index (χ3v) is 3.40. The van der Waals surface area contributed by atoms with Crippen molar-refractivity contribution in [3.63, 3.8) is 0 Å². The van der Waals surface area contributed by atoms with Gasteiger partial charge >= 0.3 is 5.97 Å². The van der Waals surface area contributed by atoms with Crippen LogP contribution in [0.1, 0.15) is 32.8 Å². The van der Waals surface area contributed by atoms with Gasteiger partial charge in [-0.05, 0) is 45.9 Å². The van der Waals surface area contributed by atoms with E-state index in [-0.39, 0.29) is 12.0 Å². The second-order valence-corrected chi connectivity index (χ2v) is 5.13. The number of likely N-dealkylation sites (N-methyl/N-ethyl adjacent to an activating group) is 1. The molecule has 1 atom stereocenters. The molecular formula is C17H28N2O2. The fourth-order valence-corrected chi connectivity index (χ4v) is 2.18. The van der Waals surface area contributed by atoms with Gasteiger partial charge < -0.3 is 15.0 Å². The maximum Gasteiger partial charge on any atom is 0.324 e. The van der Waals surface area contributed by atoms with Crippen LogP contribution in [-0.2, 0) is 9.53 Å². The van der Waals surface area contributed by atoms with Crippen LogP contribution in [0.4, 0.5) is 5.69 Å². The van der Waals surface area contributed by atoms with Crippen LogP contribution in [-0.4, -0.2) is 38.3 Å². The van der Waals surface area contributed by atoms with E-state index in [0.29, 0.717) is 13.2 Å². The molecule has 0 radical (unpaired) electrons. The topological polar surface area (TPSA) is 41.6 Å². The van der Waals surface area contributed by atoms with Gasteiger partial charge in [0.25, 0.3) is 0 Å². The van der Waals surface area contributed by atoms with Crippen LogP contribution in [0, 0.1) is 6.92 Å². The summed E-state index contributed by atoms with van der Waals surface area (Å²) in [4.78, 5) is 14.3. The number of aryl methyl sites for hydroxylation is 1. The Morgan fingerprint density at radius 2 is 1.90 bits per heavy atom. The van der Waals surface area contributed by atoms with Crippen molar-refractivity contribution in [3.8, 4) is 0 Å². The third-order valence-electron chi connectivity index (χ3n) is 3.40. The Bertz CT molecular complexity index is 417. The molecular weight excluding hydrogens is 264 g/mol. The summed E-state index contributed by atoms with van der Waals surface area (Å²) in [7, 11) is 0. The first kappa shape index (κ1) is 17.5. The van der Waals surface area contributed by atoms with Crippen molar-refractivity contribution < 1.29 is 9.53 Å². The number of ether oxygens (including phenoxy) is 1. The molecule has 0 bridgehead atoms. The monoisotopic (exact) mass is 292 g/mol. The summed E-state index contributed by atoms with van der Waals surface area (Å²) in [5, 5.41) is 3.28. The molecule has 4 nitrogen and oxygen atoms in total. The molecule has 1 N–H and O–H groups in total. The molecule has 0 aromatic heterocycles. The lowest BCUT2D eigenvalue weighted by molar-refractivity contribution is -0.145. The van der Waals surface area contributed by atoms with Gasteiger partial charge in [0.15, 0.2) is 0 Å². The molecule has 4 heteroatoms. The van der Waals surface area contributed by atoms with Crippen LogP contribution in [0.3, 0.4) is 0 Å². The van der Waals surface area contributed by atoms with Gasteiger partial charge in [0, 0.05) is 18.8 Å². The Balaban J connectivity index is 2.77. The van der Waals surface area contributed by atoms with Crippen LogP contribution in [0.2, 0.25) is 0 Å². The summed E-state index contributed by atoms with van der Waals surface area (Å²) in [6.45, 7) is 10.8. The molecule has 0 spiro atoms. The number of hydrogen-bond acceptors (Lipinski definition) is 4. The highest BCUT2D eigenvalue weighted by Gasteiger charge is 2.21. The van der Waals surface area contributed by atoms with E-state index in [0.717, 1.165) is 25.2 Å². The number of carbonyl (C=O) groups is 1. The molecule has 0 aliphatic heterocycles. The van der Waals surface area contributed by atoms with E-state index >= 15 is 0 Å². The Morgan fingerprint density at radius 3 is 2.43 bits per heavy atom. The standard InChI is InChI=1S/C17H28N2O2/c1-5-12-18-16(17(20)21-7-3)13-19(6-2)15-10-8-14(4)9-11-15/h8-11,16,18H,5-7,12-13H2,1-4H3. The zero-order valence-corrected chi connectivity index (χ0v) is 13.7. The normalized spacial score (nSPS) is 12.0. The van der Waals surface area contributed by atoms with E-state index in [9.17, 15) is 4.79 Å². The van der Waals surface area contributed by atoms with E-state index in [4.69, 9.17) is 4.74 Å². The van der Waals surface area contributed by atoms with Crippen LogP contribution in [0.25, 0.3) is 0 Å². The largest absolute Gasteiger partial charge is 0.465 e. The van der Waals surface area contributed by atoms with E-state index in [1.54, 1.807) is 0 Å². The number of nitrogens with one attached hydrogen (secondary N) is 1. The van der Waals surface area contributed by atoms with Gasteiger partial charge in [-0.2, -0.15) is 0 Å². The van der Waals surface area contributed by atoms with Crippen molar-refractivity contribution in [3.05, 3.63) is 29.8 Å². The fourth-order valence-electron chi connectivity index (χ4n) is 2.18. The van der Waals surface area contributed by atoms with Crippen LogP contribution >= 0.6 is 0 Å². The number of nitrogens with zero attached hydrogens (tertiary/aromatic N) is 1. The molecule has 118 valence electrons. The Labute approximate surface area is 128 Å². The SMILES string of the molecule is CCCNC(CN(CC)c1ccc(C)cc1)C(=O)OCC. The lowest BCUT2D eigenvalue weighted by Gasteiger charge is -2.28. The average molecular weight is 292 g/mol. The number of esters is 1. The molecule has 0 saturated carbocycles. The van der Waals surface area contributed by atoms with Crippen molar-refractivity contribution in [2.24, 2.45) is 0 Å². The number of carbonyl (C=O) groups excluding carboxylic acids is 1. The Morgan fingerprint density at radius 1 is 1.24 bits per heavy atom. The molecule has 0 aliphatic rings. The quantitative estimate of drug-likeness (QED) is 0.711. The summed E-state index contributed by atoms with van der Waals surface area (Å²) < 4.78 is 5.17. The van der Waals surface area contributed by atoms with Gasteiger partial charge in [-0.25, -0.2) is 0 Å². The minimum atomic E-state index is -0.286. The molecule has 1 rings (SSSR count). The maximum absolute atomic E-state index is 12.1. The van der Waals surface area contributed by atoms with Gasteiger partial charge in [-0.15, -0.1) is 0 Å². The lowest BCUT2D eigenvalue weighted by Crippen LogP contribution is -2.47. The first-order valence-corrected chi connectivity index (χ1v) is 7.83. The summed E-state index contributed by atoms with van der Waals surface area (Å²) in [5.74, 6) is -0.170. The molecule has 0 aliphatic carbocycles. The number of rotatable bonds is 9. The molecule has 0 heterocycles. The molecule has 0 fully saturated rings. The zero-order valence-electron chi connectivity index (χ0n) is 13.7. The zero-order chi connectivity index (χ0) is 15.7.